The molecule has 0 aliphatic carbocycles. The molecule has 0 saturated heterocycles. The van der Waals surface area contributed by atoms with Gasteiger partial charge in [-0.05, 0) is 55.4 Å². The number of rotatable bonds is 16. The van der Waals surface area contributed by atoms with Crippen LogP contribution in [0.3, 0.4) is 0 Å². The highest BCUT2D eigenvalue weighted by Gasteiger charge is 2.17. The molecular weight excluding hydrogens is 532 g/mol. The second kappa shape index (κ2) is 15.6. The van der Waals surface area contributed by atoms with Crippen molar-refractivity contribution >= 4 is 28.9 Å². The summed E-state index contributed by atoms with van der Waals surface area (Å²) in [6.07, 6.45) is 5.95. The summed E-state index contributed by atoms with van der Waals surface area (Å²) < 4.78 is 26.6. The molecule has 0 radical (unpaired) electrons. The topological polar surface area (TPSA) is 141 Å². The minimum Gasteiger partial charge on any atom is -0.550 e. The normalized spacial score (nSPS) is 11.7. The third-order valence-corrected chi connectivity index (χ3v) is 6.63. The van der Waals surface area contributed by atoms with E-state index in [4.69, 9.17) is 23.4 Å². The number of hydrogen-bond acceptors (Lipinski definition) is 10. The summed E-state index contributed by atoms with van der Waals surface area (Å²) in [5, 5.41) is 11.6. The maximum Gasteiger partial charge on any atom is 0.311 e. The summed E-state index contributed by atoms with van der Waals surface area (Å²) in [6.45, 7) is 1.90. The Morgan fingerprint density at radius 2 is 1.61 bits per heavy atom. The van der Waals surface area contributed by atoms with E-state index >= 15 is 0 Å². The molecule has 3 aromatic rings. The summed E-state index contributed by atoms with van der Waals surface area (Å²) in [7, 11) is 3.02. The number of ether oxygens (including phenoxy) is 4. The van der Waals surface area contributed by atoms with Crippen LogP contribution in [0.15, 0.2) is 51.9 Å². The standard InChI is InChI=1S/C31H36O10/c1-20(32)40-23-14-12-21(13-15-23)25-19-39-26-18-28(27(38-3)17-24(26)30(25)34)41-29(33)11-6-4-5-9-22(31(35)36)10-7-8-16-37-2/h12-15,17-19,22H,4-11,16H2,1-3H3,(H,35,36)/p-1. The van der Waals surface area contributed by atoms with Crippen LogP contribution in [0.4, 0.5) is 0 Å². The molecule has 1 aromatic heterocycles. The second-order valence-corrected chi connectivity index (χ2v) is 9.67. The third-order valence-electron chi connectivity index (χ3n) is 6.63. The number of carboxylic acids is 1. The molecule has 220 valence electrons. The minimum atomic E-state index is -1.04. The van der Waals surface area contributed by atoms with Crippen molar-refractivity contribution in [2.75, 3.05) is 20.8 Å². The average Bonchev–Trinajstić information content (AvgIpc) is 2.94. The summed E-state index contributed by atoms with van der Waals surface area (Å²) in [4.78, 5) is 48.2. The van der Waals surface area contributed by atoms with Crippen molar-refractivity contribution < 1.29 is 42.9 Å². The Labute approximate surface area is 238 Å². The van der Waals surface area contributed by atoms with E-state index in [0.717, 1.165) is 12.8 Å². The van der Waals surface area contributed by atoms with Gasteiger partial charge in [0.1, 0.15) is 17.6 Å². The molecular formula is C31H35O10-. The van der Waals surface area contributed by atoms with Crippen LogP contribution in [-0.4, -0.2) is 38.7 Å². The van der Waals surface area contributed by atoms with E-state index in [2.05, 4.69) is 0 Å². The van der Waals surface area contributed by atoms with E-state index in [-0.39, 0.29) is 34.3 Å². The first-order valence-corrected chi connectivity index (χ1v) is 13.6. The fraction of sp³-hybridized carbons (Fsp3) is 0.419. The second-order valence-electron chi connectivity index (χ2n) is 9.67. The lowest BCUT2D eigenvalue weighted by molar-refractivity contribution is -0.312. The molecule has 0 N–H and O–H groups in total. The van der Waals surface area contributed by atoms with Crippen LogP contribution in [0.25, 0.3) is 22.1 Å². The Hall–Kier alpha value is -4.18. The van der Waals surface area contributed by atoms with Gasteiger partial charge in [-0.2, -0.15) is 0 Å². The number of carboxylic acid groups (broad SMARTS) is 1. The minimum absolute atomic E-state index is 0.125. The molecule has 0 aliphatic heterocycles. The Balaban J connectivity index is 1.60. The molecule has 10 nitrogen and oxygen atoms in total. The van der Waals surface area contributed by atoms with Crippen LogP contribution >= 0.6 is 0 Å². The number of carbonyl (C=O) groups excluding carboxylic acids is 3. The van der Waals surface area contributed by atoms with Gasteiger partial charge in [0.25, 0.3) is 0 Å². The molecule has 0 saturated carbocycles. The Morgan fingerprint density at radius 3 is 2.24 bits per heavy atom. The van der Waals surface area contributed by atoms with Gasteiger partial charge < -0.3 is 33.3 Å². The van der Waals surface area contributed by atoms with E-state index < -0.39 is 23.8 Å². The first kappa shape index (κ1) is 31.3. The molecule has 1 atom stereocenters. The van der Waals surface area contributed by atoms with Gasteiger partial charge >= 0.3 is 11.9 Å². The van der Waals surface area contributed by atoms with E-state index in [9.17, 15) is 24.3 Å². The highest BCUT2D eigenvalue weighted by Crippen LogP contribution is 2.33. The molecule has 3 rings (SSSR count). The van der Waals surface area contributed by atoms with Crippen molar-refractivity contribution in [1.29, 1.82) is 0 Å². The first-order valence-electron chi connectivity index (χ1n) is 13.6. The molecule has 0 bridgehead atoms. The predicted molar refractivity (Wildman–Crippen MR) is 149 cm³/mol. The zero-order valence-corrected chi connectivity index (χ0v) is 23.6. The number of benzene rings is 2. The van der Waals surface area contributed by atoms with Crippen LogP contribution in [0.2, 0.25) is 0 Å². The van der Waals surface area contributed by atoms with Gasteiger partial charge in [0, 0.05) is 39.1 Å². The molecule has 0 spiro atoms. The lowest BCUT2D eigenvalue weighted by Crippen LogP contribution is -2.31. The zero-order chi connectivity index (χ0) is 29.8. The molecule has 0 aliphatic rings. The van der Waals surface area contributed by atoms with Crippen LogP contribution in [0.1, 0.15) is 58.3 Å². The van der Waals surface area contributed by atoms with E-state index in [0.29, 0.717) is 55.6 Å². The van der Waals surface area contributed by atoms with Gasteiger partial charge in [0.15, 0.2) is 11.5 Å². The lowest BCUT2D eigenvalue weighted by Gasteiger charge is -2.17. The monoisotopic (exact) mass is 567 g/mol. The highest BCUT2D eigenvalue weighted by molar-refractivity contribution is 5.86. The molecule has 41 heavy (non-hydrogen) atoms. The Kier molecular flexibility index (Phi) is 11.9. The highest BCUT2D eigenvalue weighted by atomic mass is 16.6. The van der Waals surface area contributed by atoms with E-state index in [1.54, 1.807) is 31.4 Å². The summed E-state index contributed by atoms with van der Waals surface area (Å²) in [6, 6.07) is 9.35. The van der Waals surface area contributed by atoms with Crippen molar-refractivity contribution in [2.45, 2.75) is 58.3 Å². The van der Waals surface area contributed by atoms with E-state index in [1.807, 2.05) is 0 Å². The first-order chi connectivity index (χ1) is 19.7. The molecule has 1 unspecified atom stereocenters. The van der Waals surface area contributed by atoms with Crippen LogP contribution < -0.4 is 24.7 Å². The van der Waals surface area contributed by atoms with Crippen molar-refractivity contribution in [2.24, 2.45) is 5.92 Å². The molecule has 0 amide bonds. The summed E-state index contributed by atoms with van der Waals surface area (Å²) >= 11 is 0. The van der Waals surface area contributed by atoms with Gasteiger partial charge in [-0.25, -0.2) is 0 Å². The number of aliphatic carboxylic acids is 1. The summed E-state index contributed by atoms with van der Waals surface area (Å²) in [5.74, 6) is -1.79. The number of unbranched alkanes of at least 4 members (excludes halogenated alkanes) is 3. The third kappa shape index (κ3) is 9.18. The molecule has 0 fully saturated rings. The smallest absolute Gasteiger partial charge is 0.311 e. The number of methoxy groups -OCH3 is 2. The van der Waals surface area contributed by atoms with E-state index in [1.165, 1.54) is 32.4 Å². The summed E-state index contributed by atoms with van der Waals surface area (Å²) in [5.41, 5.74) is 0.784. The maximum absolute atomic E-state index is 13.2. The number of carbonyl (C=O) groups is 3. The fourth-order valence-electron chi connectivity index (χ4n) is 4.47. The van der Waals surface area contributed by atoms with Crippen LogP contribution in [0, 0.1) is 5.92 Å². The fourth-order valence-corrected chi connectivity index (χ4v) is 4.47. The van der Waals surface area contributed by atoms with Crippen molar-refractivity contribution in [1.82, 2.24) is 0 Å². The van der Waals surface area contributed by atoms with Gasteiger partial charge in [0.2, 0.25) is 5.43 Å². The van der Waals surface area contributed by atoms with Crippen molar-refractivity contribution in [3.63, 3.8) is 0 Å². The van der Waals surface area contributed by atoms with Crippen molar-refractivity contribution in [3.8, 4) is 28.4 Å². The van der Waals surface area contributed by atoms with Gasteiger partial charge in [0.05, 0.1) is 18.1 Å². The lowest BCUT2D eigenvalue weighted by atomic mass is 9.95. The SMILES string of the molecule is COCCCCC(CCCCCC(=O)Oc1cc2occ(-c3ccc(OC(C)=O)cc3)c(=O)c2cc1OC)C(=O)[O-]. The molecule has 10 heteroatoms. The predicted octanol–water partition coefficient (Wildman–Crippen LogP) is 4.43. The quantitative estimate of drug-likeness (QED) is 0.139. The number of hydrogen-bond donors (Lipinski definition) is 0. The maximum atomic E-state index is 13.2. The van der Waals surface area contributed by atoms with Crippen molar-refractivity contribution in [3.05, 3.63) is 52.9 Å². The Morgan fingerprint density at radius 1 is 0.902 bits per heavy atom. The van der Waals surface area contributed by atoms with Crippen LogP contribution in [0.5, 0.6) is 17.2 Å². The largest absolute Gasteiger partial charge is 0.550 e. The Bertz CT molecular complexity index is 1390. The van der Waals surface area contributed by atoms with Gasteiger partial charge in [-0.3, -0.25) is 14.4 Å². The van der Waals surface area contributed by atoms with Gasteiger partial charge in [-0.15, -0.1) is 0 Å². The molecule has 2 aromatic carbocycles. The average molecular weight is 568 g/mol. The van der Waals surface area contributed by atoms with Gasteiger partial charge in [-0.1, -0.05) is 31.4 Å². The number of esters is 2. The molecule has 1 heterocycles. The van der Waals surface area contributed by atoms with Crippen LogP contribution in [-0.2, 0) is 19.1 Å². The zero-order valence-electron chi connectivity index (χ0n) is 23.6. The number of fused-ring (bicyclic) bond motifs is 1.